The molecule has 0 heterocycles. The molecule has 9 N–H and O–H groups in total. The zero-order valence-corrected chi connectivity index (χ0v) is 15.5. The number of rotatable bonds is 13. The van der Waals surface area contributed by atoms with E-state index < -0.39 is 85.7 Å². The molecular formula is C15H24N4O10. The van der Waals surface area contributed by atoms with Gasteiger partial charge in [0.15, 0.2) is 0 Å². The molecule has 14 heteroatoms. The van der Waals surface area contributed by atoms with Gasteiger partial charge >= 0.3 is 17.9 Å². The highest BCUT2D eigenvalue weighted by Crippen LogP contribution is 2.00. The molecule has 0 bridgehead atoms. The van der Waals surface area contributed by atoms with Crippen LogP contribution in [0.3, 0.4) is 0 Å². The first-order chi connectivity index (χ1) is 13.4. The molecule has 4 unspecified atom stereocenters. The number of aliphatic hydroxyl groups is 1. The van der Waals surface area contributed by atoms with Gasteiger partial charge in [-0.3, -0.25) is 24.0 Å². The van der Waals surface area contributed by atoms with Crippen LogP contribution in [-0.2, 0) is 28.8 Å². The largest absolute Gasteiger partial charge is 0.481 e. The van der Waals surface area contributed by atoms with E-state index >= 15 is 0 Å². The maximum atomic E-state index is 12.1. The van der Waals surface area contributed by atoms with Crippen LogP contribution >= 0.6 is 0 Å². The smallest absolute Gasteiger partial charge is 0.326 e. The van der Waals surface area contributed by atoms with Gasteiger partial charge in [-0.05, 0) is 13.3 Å². The molecule has 0 aromatic rings. The number of aliphatic hydroxyl groups excluding tert-OH is 1. The van der Waals surface area contributed by atoms with Crippen molar-refractivity contribution < 1.29 is 49.2 Å². The summed E-state index contributed by atoms with van der Waals surface area (Å²) in [6, 6.07) is -5.81. The molecule has 0 spiro atoms. The van der Waals surface area contributed by atoms with Crippen molar-refractivity contribution in [2.24, 2.45) is 5.73 Å². The Kier molecular flexibility index (Phi) is 10.9. The Balaban J connectivity index is 4.84. The first-order valence-electron chi connectivity index (χ1n) is 8.33. The Morgan fingerprint density at radius 3 is 1.83 bits per heavy atom. The lowest BCUT2D eigenvalue weighted by Gasteiger charge is -2.22. The van der Waals surface area contributed by atoms with Crippen molar-refractivity contribution in [1.29, 1.82) is 0 Å². The number of amides is 3. The first-order valence-corrected chi connectivity index (χ1v) is 8.33. The Hall–Kier alpha value is -3.26. The van der Waals surface area contributed by atoms with Crippen molar-refractivity contribution in [2.75, 3.05) is 6.61 Å². The molecule has 4 atom stereocenters. The number of carboxylic acid groups (broad SMARTS) is 3. The Morgan fingerprint density at radius 2 is 1.38 bits per heavy atom. The molecule has 0 aliphatic heterocycles. The van der Waals surface area contributed by atoms with Gasteiger partial charge in [-0.2, -0.15) is 0 Å². The number of hydrogen-bond donors (Lipinski definition) is 8. The van der Waals surface area contributed by atoms with Crippen LogP contribution in [0.5, 0.6) is 0 Å². The summed E-state index contributed by atoms with van der Waals surface area (Å²) in [5.74, 6) is -7.05. The third-order valence-electron chi connectivity index (χ3n) is 3.56. The summed E-state index contributed by atoms with van der Waals surface area (Å²) in [5, 5.41) is 41.7. The van der Waals surface area contributed by atoms with Crippen molar-refractivity contribution >= 4 is 35.6 Å². The van der Waals surface area contributed by atoms with Crippen LogP contribution < -0.4 is 21.7 Å². The van der Waals surface area contributed by atoms with Gasteiger partial charge in [-0.1, -0.05) is 0 Å². The summed E-state index contributed by atoms with van der Waals surface area (Å²) < 4.78 is 0. The van der Waals surface area contributed by atoms with Crippen LogP contribution in [0.25, 0.3) is 0 Å². The number of nitrogens with one attached hydrogen (secondary N) is 3. The summed E-state index contributed by atoms with van der Waals surface area (Å²) >= 11 is 0. The summed E-state index contributed by atoms with van der Waals surface area (Å²) in [6.45, 7) is 0.294. The van der Waals surface area contributed by atoms with E-state index in [0.717, 1.165) is 0 Å². The number of carbonyl (C=O) groups is 6. The predicted molar refractivity (Wildman–Crippen MR) is 93.3 cm³/mol. The van der Waals surface area contributed by atoms with Gasteiger partial charge in [0.2, 0.25) is 17.7 Å². The Bertz CT molecular complexity index is 653. The minimum atomic E-state index is -1.58. The van der Waals surface area contributed by atoms with Crippen molar-refractivity contribution in [2.45, 2.75) is 50.4 Å². The fourth-order valence-electron chi connectivity index (χ4n) is 1.96. The summed E-state index contributed by atoms with van der Waals surface area (Å²) in [5.41, 5.74) is 5.35. The number of hydrogen-bond acceptors (Lipinski definition) is 8. The maximum Gasteiger partial charge on any atom is 0.326 e. The average molecular weight is 420 g/mol. The summed E-state index contributed by atoms with van der Waals surface area (Å²) in [6.07, 6.45) is -1.63. The minimum absolute atomic E-state index is 0.420. The number of nitrogens with two attached hydrogens (primary N) is 1. The van der Waals surface area contributed by atoms with Crippen molar-refractivity contribution in [3.63, 3.8) is 0 Å². The van der Waals surface area contributed by atoms with E-state index in [0.29, 0.717) is 0 Å². The quantitative estimate of drug-likeness (QED) is 0.143. The van der Waals surface area contributed by atoms with Crippen molar-refractivity contribution in [1.82, 2.24) is 16.0 Å². The van der Waals surface area contributed by atoms with E-state index in [4.69, 9.17) is 21.1 Å². The topological polar surface area (TPSA) is 245 Å². The molecule has 0 fully saturated rings. The second kappa shape index (κ2) is 12.2. The standard InChI is InChI=1S/C15H24N4O10/c1-6(17-13(26)7(16)4-11(23)24)12(25)19-9(5-20)14(27)18-8(15(28)29)2-3-10(21)22/h6-9,20H,2-5,16H2,1H3,(H,17,26)(H,18,27)(H,19,25)(H,21,22)(H,23,24)(H,28,29). The number of aliphatic carboxylic acids is 3. The average Bonchev–Trinajstić information content (AvgIpc) is 2.61. The molecule has 29 heavy (non-hydrogen) atoms. The molecule has 0 radical (unpaired) electrons. The molecule has 164 valence electrons. The minimum Gasteiger partial charge on any atom is -0.481 e. The molecule has 0 rings (SSSR count). The van der Waals surface area contributed by atoms with E-state index in [9.17, 15) is 33.9 Å². The summed E-state index contributed by atoms with van der Waals surface area (Å²) in [7, 11) is 0. The second-order valence-electron chi connectivity index (χ2n) is 6.01. The molecule has 0 aliphatic rings. The number of carboxylic acids is 3. The van der Waals surface area contributed by atoms with Gasteiger partial charge in [0.1, 0.15) is 18.1 Å². The van der Waals surface area contributed by atoms with Gasteiger partial charge in [-0.25, -0.2) is 4.79 Å². The molecular weight excluding hydrogens is 396 g/mol. The normalized spacial score (nSPS) is 14.6. The highest BCUT2D eigenvalue weighted by molar-refractivity contribution is 5.94. The predicted octanol–water partition coefficient (Wildman–Crippen LogP) is -3.80. The van der Waals surface area contributed by atoms with Crippen molar-refractivity contribution in [3.05, 3.63) is 0 Å². The van der Waals surface area contributed by atoms with Gasteiger partial charge in [-0.15, -0.1) is 0 Å². The van der Waals surface area contributed by atoms with Crippen LogP contribution in [0.15, 0.2) is 0 Å². The van der Waals surface area contributed by atoms with Gasteiger partial charge in [0.05, 0.1) is 19.1 Å². The van der Waals surface area contributed by atoms with Gasteiger partial charge < -0.3 is 42.1 Å². The molecule has 3 amide bonds. The SMILES string of the molecule is CC(NC(=O)C(N)CC(=O)O)C(=O)NC(CO)C(=O)NC(CCC(=O)O)C(=O)O. The molecule has 14 nitrogen and oxygen atoms in total. The van der Waals surface area contributed by atoms with Crippen LogP contribution in [0, 0.1) is 0 Å². The maximum absolute atomic E-state index is 12.1. The zero-order chi connectivity index (χ0) is 22.7. The lowest BCUT2D eigenvalue weighted by atomic mass is 10.1. The van der Waals surface area contributed by atoms with E-state index in [1.165, 1.54) is 6.92 Å². The number of carbonyl (C=O) groups excluding carboxylic acids is 3. The van der Waals surface area contributed by atoms with E-state index in [-0.39, 0.29) is 0 Å². The second-order valence-corrected chi connectivity index (χ2v) is 6.01. The molecule has 0 aromatic carbocycles. The van der Waals surface area contributed by atoms with Crippen molar-refractivity contribution in [3.8, 4) is 0 Å². The fraction of sp³-hybridized carbons (Fsp3) is 0.600. The van der Waals surface area contributed by atoms with Crippen LogP contribution in [0.1, 0.15) is 26.2 Å². The Morgan fingerprint density at radius 1 is 0.828 bits per heavy atom. The third kappa shape index (κ3) is 10.0. The zero-order valence-electron chi connectivity index (χ0n) is 15.5. The van der Waals surface area contributed by atoms with Crippen LogP contribution in [0.2, 0.25) is 0 Å². The van der Waals surface area contributed by atoms with E-state index in [2.05, 4.69) is 10.6 Å². The highest BCUT2D eigenvalue weighted by atomic mass is 16.4. The van der Waals surface area contributed by atoms with E-state index in [1.54, 1.807) is 0 Å². The third-order valence-corrected chi connectivity index (χ3v) is 3.56. The fourth-order valence-corrected chi connectivity index (χ4v) is 1.96. The lowest BCUT2D eigenvalue weighted by molar-refractivity contribution is -0.143. The monoisotopic (exact) mass is 420 g/mol. The summed E-state index contributed by atoms with van der Waals surface area (Å²) in [4.78, 5) is 68.0. The highest BCUT2D eigenvalue weighted by Gasteiger charge is 2.28. The first kappa shape index (κ1) is 25.7. The molecule has 0 aromatic heterocycles. The molecule has 0 saturated carbocycles. The molecule has 0 aliphatic carbocycles. The van der Waals surface area contributed by atoms with E-state index in [1.807, 2.05) is 5.32 Å². The Labute approximate surface area is 164 Å². The van der Waals surface area contributed by atoms with Gasteiger partial charge in [0, 0.05) is 6.42 Å². The van der Waals surface area contributed by atoms with Gasteiger partial charge in [0.25, 0.3) is 0 Å². The van der Waals surface area contributed by atoms with Crippen LogP contribution in [0.4, 0.5) is 0 Å². The lowest BCUT2D eigenvalue weighted by Crippen LogP contribution is -2.57. The molecule has 0 saturated heterocycles. The van der Waals surface area contributed by atoms with Crippen LogP contribution in [-0.4, -0.2) is 86.8 Å².